The molecule has 1 atom stereocenters. The summed E-state index contributed by atoms with van der Waals surface area (Å²) in [6.45, 7) is 6.95. The maximum absolute atomic E-state index is 11.4. The predicted molar refractivity (Wildman–Crippen MR) is 73.5 cm³/mol. The molecule has 1 aliphatic rings. The van der Waals surface area contributed by atoms with Gasteiger partial charge in [-0.2, -0.15) is 0 Å². The highest BCUT2D eigenvalue weighted by Crippen LogP contribution is 2.35. The number of rotatable bonds is 5. The van der Waals surface area contributed by atoms with Gasteiger partial charge in [0, 0.05) is 30.5 Å². The molecule has 0 saturated heterocycles. The molecule has 0 aromatic heterocycles. The van der Waals surface area contributed by atoms with E-state index in [2.05, 4.69) is 12.2 Å². The molecule has 2 rings (SSSR count). The zero-order valence-electron chi connectivity index (χ0n) is 11.8. The van der Waals surface area contributed by atoms with Gasteiger partial charge in [-0.15, -0.1) is 0 Å². The van der Waals surface area contributed by atoms with Gasteiger partial charge < -0.3 is 14.8 Å². The molecule has 1 unspecified atom stereocenters. The molecule has 1 amide bonds. The number of carbonyl (C=O) groups excluding carboxylic acids is 1. The van der Waals surface area contributed by atoms with Crippen LogP contribution < -0.4 is 14.8 Å². The van der Waals surface area contributed by atoms with Crippen LogP contribution in [0.1, 0.15) is 38.3 Å². The fourth-order valence-electron chi connectivity index (χ4n) is 2.23. The van der Waals surface area contributed by atoms with Crippen molar-refractivity contribution in [2.75, 3.05) is 6.61 Å². The van der Waals surface area contributed by atoms with Crippen molar-refractivity contribution in [3.05, 3.63) is 23.3 Å². The van der Waals surface area contributed by atoms with Gasteiger partial charge in [0.2, 0.25) is 5.91 Å². The van der Waals surface area contributed by atoms with Crippen molar-refractivity contribution in [1.82, 2.24) is 5.32 Å². The van der Waals surface area contributed by atoms with Crippen LogP contribution in [0.25, 0.3) is 0 Å². The van der Waals surface area contributed by atoms with Gasteiger partial charge in [-0.1, -0.05) is 6.92 Å². The Morgan fingerprint density at radius 3 is 2.95 bits per heavy atom. The highest BCUT2D eigenvalue weighted by Gasteiger charge is 2.21. The van der Waals surface area contributed by atoms with Crippen LogP contribution in [0.5, 0.6) is 11.5 Å². The third-order valence-electron chi connectivity index (χ3n) is 3.18. The summed E-state index contributed by atoms with van der Waals surface area (Å²) in [7, 11) is 0. The smallest absolute Gasteiger partial charge is 0.219 e. The van der Waals surface area contributed by atoms with Gasteiger partial charge in [-0.25, -0.2) is 0 Å². The van der Waals surface area contributed by atoms with Crippen molar-refractivity contribution >= 4 is 5.91 Å². The Labute approximate surface area is 114 Å². The van der Waals surface area contributed by atoms with E-state index in [4.69, 9.17) is 9.47 Å². The number of nitrogens with one attached hydrogen (secondary N) is 1. The van der Waals surface area contributed by atoms with Crippen LogP contribution in [0.2, 0.25) is 0 Å². The van der Waals surface area contributed by atoms with Crippen molar-refractivity contribution in [3.8, 4) is 11.5 Å². The molecule has 4 nitrogen and oxygen atoms in total. The Morgan fingerprint density at radius 1 is 1.47 bits per heavy atom. The summed E-state index contributed by atoms with van der Waals surface area (Å²) < 4.78 is 11.4. The van der Waals surface area contributed by atoms with Gasteiger partial charge in [0.1, 0.15) is 17.6 Å². The van der Waals surface area contributed by atoms with Crippen molar-refractivity contribution < 1.29 is 14.3 Å². The van der Waals surface area contributed by atoms with Crippen LogP contribution in [0.15, 0.2) is 12.1 Å². The first-order valence-corrected chi connectivity index (χ1v) is 6.86. The minimum atomic E-state index is 0.0391. The van der Waals surface area contributed by atoms with Gasteiger partial charge in [0.05, 0.1) is 6.61 Å². The van der Waals surface area contributed by atoms with E-state index in [0.29, 0.717) is 19.6 Å². The molecule has 1 aromatic rings. The van der Waals surface area contributed by atoms with Crippen molar-refractivity contribution in [2.45, 2.75) is 46.3 Å². The van der Waals surface area contributed by atoms with Gasteiger partial charge in [0.15, 0.2) is 0 Å². The molecule has 19 heavy (non-hydrogen) atoms. The SMILES string of the molecule is CCOc1cc2c(cc1CNC(=O)CC)OC(C)C2. The van der Waals surface area contributed by atoms with E-state index in [1.807, 2.05) is 26.0 Å². The van der Waals surface area contributed by atoms with Crippen molar-refractivity contribution in [2.24, 2.45) is 0 Å². The molecule has 0 bridgehead atoms. The lowest BCUT2D eigenvalue weighted by Crippen LogP contribution is -2.21. The van der Waals surface area contributed by atoms with Gasteiger partial charge >= 0.3 is 0 Å². The maximum Gasteiger partial charge on any atom is 0.219 e. The molecule has 1 aromatic carbocycles. The number of carbonyl (C=O) groups is 1. The second-order valence-corrected chi connectivity index (χ2v) is 4.76. The minimum Gasteiger partial charge on any atom is -0.494 e. The average Bonchev–Trinajstić information content (AvgIpc) is 2.75. The summed E-state index contributed by atoms with van der Waals surface area (Å²) in [6.07, 6.45) is 1.62. The third kappa shape index (κ3) is 3.19. The Hall–Kier alpha value is -1.71. The first-order chi connectivity index (χ1) is 9.13. The first-order valence-electron chi connectivity index (χ1n) is 6.86. The molecule has 0 saturated carbocycles. The molecule has 1 heterocycles. The number of ether oxygens (including phenoxy) is 2. The fourth-order valence-corrected chi connectivity index (χ4v) is 2.23. The normalized spacial score (nSPS) is 16.7. The number of fused-ring (bicyclic) bond motifs is 1. The monoisotopic (exact) mass is 263 g/mol. The number of benzene rings is 1. The van der Waals surface area contributed by atoms with E-state index in [1.165, 1.54) is 5.56 Å². The third-order valence-corrected chi connectivity index (χ3v) is 3.18. The summed E-state index contributed by atoms with van der Waals surface area (Å²) in [5, 5.41) is 2.88. The van der Waals surface area contributed by atoms with Crippen LogP contribution in [-0.4, -0.2) is 18.6 Å². The quantitative estimate of drug-likeness (QED) is 0.887. The molecule has 0 aliphatic carbocycles. The maximum atomic E-state index is 11.4. The number of amides is 1. The van der Waals surface area contributed by atoms with Crippen LogP contribution in [0, 0.1) is 0 Å². The van der Waals surface area contributed by atoms with E-state index in [9.17, 15) is 4.79 Å². The van der Waals surface area contributed by atoms with Gasteiger partial charge in [0.25, 0.3) is 0 Å². The molecule has 4 heteroatoms. The predicted octanol–water partition coefficient (Wildman–Crippen LogP) is 2.43. The zero-order valence-corrected chi connectivity index (χ0v) is 11.8. The molecule has 0 radical (unpaired) electrons. The molecule has 104 valence electrons. The fraction of sp³-hybridized carbons (Fsp3) is 0.533. The highest BCUT2D eigenvalue weighted by atomic mass is 16.5. The number of hydrogen-bond acceptors (Lipinski definition) is 3. The molecule has 0 fully saturated rings. The van der Waals surface area contributed by atoms with Gasteiger partial charge in [-0.05, 0) is 26.0 Å². The van der Waals surface area contributed by atoms with Gasteiger partial charge in [-0.3, -0.25) is 4.79 Å². The van der Waals surface area contributed by atoms with E-state index in [-0.39, 0.29) is 12.0 Å². The largest absolute Gasteiger partial charge is 0.494 e. The Kier molecular flexibility index (Phi) is 4.30. The van der Waals surface area contributed by atoms with E-state index in [0.717, 1.165) is 23.5 Å². The van der Waals surface area contributed by atoms with E-state index in [1.54, 1.807) is 0 Å². The summed E-state index contributed by atoms with van der Waals surface area (Å²) in [6, 6.07) is 4.02. The minimum absolute atomic E-state index is 0.0391. The standard InChI is InChI=1S/C15H21NO3/c1-4-15(17)16-9-12-8-14-11(6-10(3)19-14)7-13(12)18-5-2/h7-8,10H,4-6,9H2,1-3H3,(H,16,17). The second-order valence-electron chi connectivity index (χ2n) is 4.76. The average molecular weight is 263 g/mol. The highest BCUT2D eigenvalue weighted by molar-refractivity contribution is 5.75. The zero-order chi connectivity index (χ0) is 13.8. The Morgan fingerprint density at radius 2 is 2.26 bits per heavy atom. The van der Waals surface area contributed by atoms with Crippen LogP contribution >= 0.6 is 0 Å². The van der Waals surface area contributed by atoms with E-state index >= 15 is 0 Å². The summed E-state index contributed by atoms with van der Waals surface area (Å²) in [5.74, 6) is 1.80. The molecular formula is C15H21NO3. The van der Waals surface area contributed by atoms with Crippen LogP contribution in [0.4, 0.5) is 0 Å². The molecule has 1 N–H and O–H groups in total. The lowest BCUT2D eigenvalue weighted by molar-refractivity contribution is -0.120. The second kappa shape index (κ2) is 5.95. The van der Waals surface area contributed by atoms with Crippen molar-refractivity contribution in [1.29, 1.82) is 0 Å². The lowest BCUT2D eigenvalue weighted by Gasteiger charge is -2.13. The summed E-state index contributed by atoms with van der Waals surface area (Å²) in [5.41, 5.74) is 2.15. The van der Waals surface area contributed by atoms with Crippen LogP contribution in [0.3, 0.4) is 0 Å². The molecule has 1 aliphatic heterocycles. The first kappa shape index (κ1) is 13.7. The summed E-state index contributed by atoms with van der Waals surface area (Å²) >= 11 is 0. The molecule has 0 spiro atoms. The molecular weight excluding hydrogens is 242 g/mol. The van der Waals surface area contributed by atoms with Crippen LogP contribution in [-0.2, 0) is 17.8 Å². The topological polar surface area (TPSA) is 47.6 Å². The number of hydrogen-bond donors (Lipinski definition) is 1. The lowest BCUT2D eigenvalue weighted by atomic mass is 10.1. The summed E-state index contributed by atoms with van der Waals surface area (Å²) in [4.78, 5) is 11.4. The van der Waals surface area contributed by atoms with E-state index < -0.39 is 0 Å². The Bertz CT molecular complexity index is 471. The van der Waals surface area contributed by atoms with Crippen molar-refractivity contribution in [3.63, 3.8) is 0 Å². The Balaban J connectivity index is 2.20.